The minimum Gasteiger partial charge on any atom is -0.451 e. The van der Waals surface area contributed by atoms with E-state index in [-0.39, 0.29) is 12.5 Å². The minimum absolute atomic E-state index is 0.321. The van der Waals surface area contributed by atoms with Crippen LogP contribution in [-0.2, 0) is 16.6 Å². The second-order valence-corrected chi connectivity index (χ2v) is 6.06. The number of aromatic nitrogens is 1. The summed E-state index contributed by atoms with van der Waals surface area (Å²) >= 11 is 0. The van der Waals surface area contributed by atoms with Crippen molar-refractivity contribution in [3.05, 3.63) is 48.3 Å². The molecular formula is C19H25N3O3. The molecule has 0 unspecified atom stereocenters. The zero-order valence-electron chi connectivity index (χ0n) is 15.2. The molecule has 0 aliphatic carbocycles. The van der Waals surface area contributed by atoms with Gasteiger partial charge in [-0.15, -0.1) is 0 Å². The van der Waals surface area contributed by atoms with Crippen molar-refractivity contribution >= 4 is 23.3 Å². The van der Waals surface area contributed by atoms with Crippen LogP contribution in [0.25, 0.3) is 0 Å². The van der Waals surface area contributed by atoms with Crippen molar-refractivity contribution in [2.75, 3.05) is 23.4 Å². The highest BCUT2D eigenvalue weighted by Gasteiger charge is 2.13. The summed E-state index contributed by atoms with van der Waals surface area (Å²) in [5.74, 6) is -0.889. The predicted molar refractivity (Wildman–Crippen MR) is 98.9 cm³/mol. The number of esters is 1. The van der Waals surface area contributed by atoms with E-state index in [0.717, 1.165) is 12.2 Å². The molecule has 1 aromatic carbocycles. The van der Waals surface area contributed by atoms with Crippen molar-refractivity contribution in [2.24, 2.45) is 7.05 Å². The van der Waals surface area contributed by atoms with Crippen molar-refractivity contribution in [3.63, 3.8) is 0 Å². The second-order valence-electron chi connectivity index (χ2n) is 6.06. The van der Waals surface area contributed by atoms with Crippen molar-refractivity contribution in [1.82, 2.24) is 4.57 Å². The first-order chi connectivity index (χ1) is 11.9. The molecule has 25 heavy (non-hydrogen) atoms. The number of benzene rings is 1. The van der Waals surface area contributed by atoms with E-state index in [4.69, 9.17) is 4.74 Å². The molecule has 0 aliphatic rings. The van der Waals surface area contributed by atoms with E-state index in [9.17, 15) is 9.59 Å². The Kier molecular flexibility index (Phi) is 6.22. The van der Waals surface area contributed by atoms with E-state index in [1.54, 1.807) is 29.9 Å². The Bertz CT molecular complexity index is 720. The quantitative estimate of drug-likeness (QED) is 0.785. The van der Waals surface area contributed by atoms with Gasteiger partial charge in [0.15, 0.2) is 6.61 Å². The lowest BCUT2D eigenvalue weighted by atomic mass is 10.2. The van der Waals surface area contributed by atoms with Gasteiger partial charge in [-0.3, -0.25) is 4.79 Å². The van der Waals surface area contributed by atoms with Crippen LogP contribution in [0.5, 0.6) is 0 Å². The van der Waals surface area contributed by atoms with Gasteiger partial charge < -0.3 is 19.5 Å². The number of hydrogen-bond acceptors (Lipinski definition) is 4. The lowest BCUT2D eigenvalue weighted by molar-refractivity contribution is -0.119. The number of amides is 1. The topological polar surface area (TPSA) is 63.6 Å². The molecule has 0 aliphatic heterocycles. The Hall–Kier alpha value is -2.76. The van der Waals surface area contributed by atoms with Crippen molar-refractivity contribution < 1.29 is 14.3 Å². The minimum atomic E-state index is -0.520. The molecule has 0 fully saturated rings. The van der Waals surface area contributed by atoms with Crippen LogP contribution in [0, 0.1) is 0 Å². The zero-order chi connectivity index (χ0) is 18.4. The van der Waals surface area contributed by atoms with Gasteiger partial charge in [0.05, 0.1) is 0 Å². The van der Waals surface area contributed by atoms with Crippen LogP contribution in [0.3, 0.4) is 0 Å². The Morgan fingerprint density at radius 3 is 2.40 bits per heavy atom. The fraction of sp³-hybridized carbons (Fsp3) is 0.368. The summed E-state index contributed by atoms with van der Waals surface area (Å²) in [5.41, 5.74) is 2.18. The predicted octanol–water partition coefficient (Wildman–Crippen LogP) is 3.06. The highest BCUT2D eigenvalue weighted by Crippen LogP contribution is 2.19. The number of aryl methyl sites for hydroxylation is 1. The largest absolute Gasteiger partial charge is 0.451 e. The summed E-state index contributed by atoms with van der Waals surface area (Å²) in [6.45, 7) is 6.98. The molecule has 2 aromatic rings. The molecule has 1 heterocycles. The van der Waals surface area contributed by atoms with E-state index in [1.165, 1.54) is 0 Å². The van der Waals surface area contributed by atoms with Gasteiger partial charge in [-0.25, -0.2) is 4.79 Å². The van der Waals surface area contributed by atoms with Gasteiger partial charge in [0, 0.05) is 37.2 Å². The molecule has 0 bridgehead atoms. The second kappa shape index (κ2) is 8.37. The molecule has 0 spiro atoms. The lowest BCUT2D eigenvalue weighted by Gasteiger charge is -2.27. The van der Waals surface area contributed by atoms with E-state index < -0.39 is 5.97 Å². The number of hydrogen-bond donors (Lipinski definition) is 1. The fourth-order valence-corrected chi connectivity index (χ4v) is 2.66. The number of nitrogens with zero attached hydrogens (tertiary/aromatic N) is 2. The number of carbonyl (C=O) groups is 2. The first kappa shape index (κ1) is 18.6. The van der Waals surface area contributed by atoms with Gasteiger partial charge in [-0.05, 0) is 57.2 Å². The maximum atomic E-state index is 11.9. The molecule has 0 atom stereocenters. The van der Waals surface area contributed by atoms with Gasteiger partial charge in [0.1, 0.15) is 5.69 Å². The van der Waals surface area contributed by atoms with E-state index in [2.05, 4.69) is 31.0 Å². The van der Waals surface area contributed by atoms with Crippen molar-refractivity contribution in [3.8, 4) is 0 Å². The van der Waals surface area contributed by atoms with E-state index in [1.807, 2.05) is 24.3 Å². The van der Waals surface area contributed by atoms with Crippen LogP contribution in [0.15, 0.2) is 42.6 Å². The Morgan fingerprint density at radius 1 is 1.20 bits per heavy atom. The molecule has 0 saturated carbocycles. The summed E-state index contributed by atoms with van der Waals surface area (Å²) in [6, 6.07) is 11.4. The third-order valence-corrected chi connectivity index (χ3v) is 3.93. The molecule has 1 N–H and O–H groups in total. The molecule has 134 valence electrons. The number of anilines is 2. The summed E-state index contributed by atoms with van der Waals surface area (Å²) in [4.78, 5) is 26.1. The summed E-state index contributed by atoms with van der Waals surface area (Å²) in [5, 5.41) is 2.73. The third-order valence-electron chi connectivity index (χ3n) is 3.93. The van der Waals surface area contributed by atoms with Gasteiger partial charge in [0.25, 0.3) is 5.91 Å². The van der Waals surface area contributed by atoms with Gasteiger partial charge in [-0.2, -0.15) is 0 Å². The monoisotopic (exact) mass is 343 g/mol. The van der Waals surface area contributed by atoms with Gasteiger partial charge >= 0.3 is 5.97 Å². The van der Waals surface area contributed by atoms with Crippen molar-refractivity contribution in [1.29, 1.82) is 0 Å². The number of nitrogens with one attached hydrogen (secondary N) is 1. The fourth-order valence-electron chi connectivity index (χ4n) is 2.66. The molecule has 2 rings (SSSR count). The molecule has 1 amide bonds. The first-order valence-electron chi connectivity index (χ1n) is 8.37. The Morgan fingerprint density at radius 2 is 1.88 bits per heavy atom. The molecular weight excluding hydrogens is 318 g/mol. The normalized spacial score (nSPS) is 10.6. The molecule has 1 aromatic heterocycles. The Balaban J connectivity index is 1.88. The third kappa shape index (κ3) is 4.86. The van der Waals surface area contributed by atoms with Crippen LogP contribution in [0.2, 0.25) is 0 Å². The first-order valence-corrected chi connectivity index (χ1v) is 8.37. The van der Waals surface area contributed by atoms with Crippen LogP contribution in [0.4, 0.5) is 11.4 Å². The highest BCUT2D eigenvalue weighted by atomic mass is 16.5. The standard InChI is InChI=1S/C19H25N3O3/c1-5-22(14(2)3)16-10-8-15(9-11-16)20-18(23)13-25-19(24)17-7-6-12-21(17)4/h6-12,14H,5,13H2,1-4H3,(H,20,23). The molecule has 0 saturated heterocycles. The average molecular weight is 343 g/mol. The van der Waals surface area contributed by atoms with Gasteiger partial charge in [-0.1, -0.05) is 0 Å². The average Bonchev–Trinajstić information content (AvgIpc) is 3.00. The number of carbonyl (C=O) groups excluding carboxylic acids is 2. The van der Waals surface area contributed by atoms with Crippen LogP contribution < -0.4 is 10.2 Å². The molecule has 6 nitrogen and oxygen atoms in total. The maximum absolute atomic E-state index is 11.9. The SMILES string of the molecule is CCN(c1ccc(NC(=O)COC(=O)c2cccn2C)cc1)C(C)C. The maximum Gasteiger partial charge on any atom is 0.355 e. The Labute approximate surface area is 148 Å². The number of rotatable bonds is 7. The smallest absolute Gasteiger partial charge is 0.355 e. The van der Waals surface area contributed by atoms with Gasteiger partial charge in [0.2, 0.25) is 0 Å². The molecule has 6 heteroatoms. The van der Waals surface area contributed by atoms with Crippen molar-refractivity contribution in [2.45, 2.75) is 26.8 Å². The summed E-state index contributed by atoms with van der Waals surface area (Å²) in [6.07, 6.45) is 1.75. The molecule has 0 radical (unpaired) electrons. The zero-order valence-corrected chi connectivity index (χ0v) is 15.2. The van der Waals surface area contributed by atoms with Crippen LogP contribution >= 0.6 is 0 Å². The number of ether oxygens (including phenoxy) is 1. The summed E-state index contributed by atoms with van der Waals surface area (Å²) < 4.78 is 6.68. The van der Waals surface area contributed by atoms with E-state index in [0.29, 0.717) is 17.4 Å². The van der Waals surface area contributed by atoms with E-state index >= 15 is 0 Å². The summed E-state index contributed by atoms with van der Waals surface area (Å²) in [7, 11) is 1.75. The van der Waals surface area contributed by atoms with Crippen LogP contribution in [-0.4, -0.2) is 35.6 Å². The van der Waals surface area contributed by atoms with Crippen LogP contribution in [0.1, 0.15) is 31.3 Å². The highest BCUT2D eigenvalue weighted by molar-refractivity contribution is 5.95. The lowest BCUT2D eigenvalue weighted by Crippen LogP contribution is -2.30.